The summed E-state index contributed by atoms with van der Waals surface area (Å²) in [7, 11) is -0.590. The number of benzene rings is 1. The fourth-order valence-corrected chi connectivity index (χ4v) is 4.26. The number of carbonyl (C=O) groups excluding carboxylic acids is 1. The van der Waals surface area contributed by atoms with Crippen molar-refractivity contribution in [1.82, 2.24) is 19.8 Å². The maximum Gasteiger partial charge on any atom is 0.309 e. The molecule has 0 aliphatic heterocycles. The van der Waals surface area contributed by atoms with Crippen LogP contribution in [0.2, 0.25) is 0 Å². The average Bonchev–Trinajstić information content (AvgIpc) is 3.38. The molecule has 0 aliphatic carbocycles. The Morgan fingerprint density at radius 1 is 1.21 bits per heavy atom. The summed E-state index contributed by atoms with van der Waals surface area (Å²) >= 11 is 1.57. The van der Waals surface area contributed by atoms with Crippen molar-refractivity contribution >= 4 is 27.3 Å². The van der Waals surface area contributed by atoms with Crippen LogP contribution in [0.5, 0.6) is 0 Å². The molecule has 0 radical (unpaired) electrons. The minimum Gasteiger partial charge on any atom is -0.412 e. The lowest BCUT2D eigenvalue weighted by Gasteiger charge is -2.13. The van der Waals surface area contributed by atoms with Gasteiger partial charge in [0.1, 0.15) is 0 Å². The smallest absolute Gasteiger partial charge is 0.309 e. The third-order valence-electron chi connectivity index (χ3n) is 4.10. The first-order valence-corrected chi connectivity index (χ1v) is 10.9. The molecule has 3 aromatic rings. The van der Waals surface area contributed by atoms with Gasteiger partial charge in [-0.05, 0) is 42.1 Å². The second kappa shape index (κ2) is 8.21. The molecule has 10 heteroatoms. The van der Waals surface area contributed by atoms with E-state index in [1.54, 1.807) is 23.5 Å². The fraction of sp³-hybridized carbons (Fsp3) is 0.278. The zero-order valence-electron chi connectivity index (χ0n) is 15.6. The third-order valence-corrected chi connectivity index (χ3v) is 6.91. The molecule has 2 aromatic heterocycles. The lowest BCUT2D eigenvalue weighted by Crippen LogP contribution is -2.27. The zero-order valence-corrected chi connectivity index (χ0v) is 17.3. The summed E-state index contributed by atoms with van der Waals surface area (Å²) in [5.74, 6) is -0.455. The van der Waals surface area contributed by atoms with Crippen molar-refractivity contribution in [3.63, 3.8) is 0 Å². The Morgan fingerprint density at radius 3 is 2.50 bits per heavy atom. The van der Waals surface area contributed by atoms with Crippen molar-refractivity contribution in [3.8, 4) is 11.5 Å². The van der Waals surface area contributed by atoms with Crippen LogP contribution in [0, 0.1) is 0 Å². The van der Waals surface area contributed by atoms with Gasteiger partial charge in [-0.3, -0.25) is 4.79 Å². The molecule has 1 aromatic carbocycles. The molecule has 28 heavy (non-hydrogen) atoms. The Balaban J connectivity index is 1.76. The van der Waals surface area contributed by atoms with Crippen LogP contribution in [0.1, 0.15) is 34.9 Å². The van der Waals surface area contributed by atoms with Crippen LogP contribution in [-0.4, -0.2) is 42.9 Å². The van der Waals surface area contributed by atoms with Crippen LogP contribution in [0.4, 0.5) is 0 Å². The Morgan fingerprint density at radius 2 is 1.93 bits per heavy atom. The van der Waals surface area contributed by atoms with Gasteiger partial charge in [-0.15, -0.1) is 21.5 Å². The molecule has 1 N–H and O–H groups in total. The van der Waals surface area contributed by atoms with E-state index in [9.17, 15) is 13.2 Å². The van der Waals surface area contributed by atoms with Gasteiger partial charge >= 0.3 is 11.8 Å². The molecule has 0 fully saturated rings. The lowest BCUT2D eigenvalue weighted by molar-refractivity contribution is 0.0901. The molecule has 0 saturated carbocycles. The predicted molar refractivity (Wildman–Crippen MR) is 105 cm³/mol. The van der Waals surface area contributed by atoms with Crippen LogP contribution in [0.15, 0.2) is 51.1 Å². The molecule has 3 rings (SSSR count). The van der Waals surface area contributed by atoms with Crippen LogP contribution in [0.25, 0.3) is 11.5 Å². The predicted octanol–water partition coefficient (Wildman–Crippen LogP) is 2.93. The quantitative estimate of drug-likeness (QED) is 0.630. The Kier molecular flexibility index (Phi) is 5.92. The van der Waals surface area contributed by atoms with Crippen molar-refractivity contribution in [2.75, 3.05) is 14.1 Å². The van der Waals surface area contributed by atoms with Crippen LogP contribution < -0.4 is 5.32 Å². The highest BCUT2D eigenvalue weighted by atomic mass is 32.2. The van der Waals surface area contributed by atoms with Gasteiger partial charge in [-0.1, -0.05) is 13.0 Å². The van der Waals surface area contributed by atoms with Gasteiger partial charge in [0.15, 0.2) is 0 Å². The topological polar surface area (TPSA) is 105 Å². The van der Waals surface area contributed by atoms with Gasteiger partial charge < -0.3 is 9.73 Å². The molecule has 1 amide bonds. The molecular weight excluding hydrogens is 400 g/mol. The van der Waals surface area contributed by atoms with Gasteiger partial charge in [0.2, 0.25) is 15.9 Å². The van der Waals surface area contributed by atoms with E-state index < -0.39 is 15.9 Å². The van der Waals surface area contributed by atoms with Gasteiger partial charge in [0.25, 0.3) is 0 Å². The van der Waals surface area contributed by atoms with Crippen molar-refractivity contribution in [3.05, 3.63) is 52.5 Å². The second-order valence-electron chi connectivity index (χ2n) is 6.17. The van der Waals surface area contributed by atoms with Crippen LogP contribution >= 0.6 is 11.3 Å². The summed E-state index contributed by atoms with van der Waals surface area (Å²) in [6.07, 6.45) is 0.731. The fourth-order valence-electron chi connectivity index (χ4n) is 2.50. The van der Waals surface area contributed by atoms with Crippen LogP contribution in [0.3, 0.4) is 0 Å². The zero-order chi connectivity index (χ0) is 20.3. The Hall–Kier alpha value is -2.56. The summed E-state index contributed by atoms with van der Waals surface area (Å²) in [6.45, 7) is 1.98. The lowest BCUT2D eigenvalue weighted by atomic mass is 10.2. The number of sulfonamides is 1. The molecule has 8 nitrogen and oxygen atoms in total. The second-order valence-corrected chi connectivity index (χ2v) is 9.30. The Labute approximate surface area is 167 Å². The van der Waals surface area contributed by atoms with E-state index in [0.717, 1.165) is 15.6 Å². The number of amides is 1. The number of nitrogens with zero attached hydrogens (tertiary/aromatic N) is 3. The van der Waals surface area contributed by atoms with E-state index in [1.165, 1.54) is 26.2 Å². The van der Waals surface area contributed by atoms with E-state index in [0.29, 0.717) is 5.56 Å². The maximum atomic E-state index is 12.4. The number of hydrogen-bond acceptors (Lipinski definition) is 7. The summed E-state index contributed by atoms with van der Waals surface area (Å²) < 4.78 is 30.9. The third kappa shape index (κ3) is 4.13. The van der Waals surface area contributed by atoms with E-state index in [-0.39, 0.29) is 22.7 Å². The minimum absolute atomic E-state index is 0.127. The average molecular weight is 421 g/mol. The maximum absolute atomic E-state index is 12.4. The largest absolute Gasteiger partial charge is 0.412 e. The van der Waals surface area contributed by atoms with E-state index >= 15 is 0 Å². The highest BCUT2D eigenvalue weighted by molar-refractivity contribution is 7.89. The molecule has 1 atom stereocenters. The highest BCUT2D eigenvalue weighted by Gasteiger charge is 2.21. The van der Waals surface area contributed by atoms with Crippen molar-refractivity contribution < 1.29 is 17.6 Å². The molecule has 0 unspecified atom stereocenters. The molecule has 0 bridgehead atoms. The first-order valence-electron chi connectivity index (χ1n) is 8.53. The van der Waals surface area contributed by atoms with Crippen molar-refractivity contribution in [1.29, 1.82) is 0 Å². The number of rotatable bonds is 7. The SMILES string of the molecule is CC[C@H](NC(=O)c1nnc(-c2ccc(S(=O)(=O)N(C)C)cc2)o1)c1cccs1. The Bertz CT molecular complexity index is 1040. The molecule has 2 heterocycles. The number of thiophene rings is 1. The molecule has 148 valence electrons. The van der Waals surface area contributed by atoms with E-state index in [2.05, 4.69) is 15.5 Å². The molecule has 0 aliphatic rings. The number of carbonyl (C=O) groups is 1. The summed E-state index contributed by atoms with van der Waals surface area (Å²) in [6, 6.07) is 9.80. The molecule has 0 spiro atoms. The number of aromatic nitrogens is 2. The van der Waals surface area contributed by atoms with Gasteiger partial charge in [-0.2, -0.15) is 0 Å². The first kappa shape index (κ1) is 20.2. The van der Waals surface area contributed by atoms with Crippen LogP contribution in [-0.2, 0) is 10.0 Å². The van der Waals surface area contributed by atoms with Crippen molar-refractivity contribution in [2.24, 2.45) is 0 Å². The van der Waals surface area contributed by atoms with E-state index in [1.807, 2.05) is 24.4 Å². The summed E-state index contributed by atoms with van der Waals surface area (Å²) in [4.78, 5) is 13.6. The standard InChI is InChI=1S/C18H20N4O4S2/c1-4-14(15-6-5-11-27-15)19-16(23)18-21-20-17(26-18)12-7-9-13(10-8-12)28(24,25)22(2)3/h5-11,14H,4H2,1-3H3,(H,19,23)/t14-/m0/s1. The highest BCUT2D eigenvalue weighted by Crippen LogP contribution is 2.24. The number of hydrogen-bond donors (Lipinski definition) is 1. The number of nitrogens with one attached hydrogen (secondary N) is 1. The monoisotopic (exact) mass is 420 g/mol. The normalized spacial score (nSPS) is 12.9. The van der Waals surface area contributed by atoms with Crippen molar-refractivity contribution in [2.45, 2.75) is 24.3 Å². The van der Waals surface area contributed by atoms with E-state index in [4.69, 9.17) is 4.42 Å². The summed E-state index contributed by atoms with van der Waals surface area (Å²) in [5.41, 5.74) is 0.523. The van der Waals surface area contributed by atoms with Gasteiger partial charge in [0, 0.05) is 24.5 Å². The molecular formula is C18H20N4O4S2. The summed E-state index contributed by atoms with van der Waals surface area (Å²) in [5, 5.41) is 12.5. The minimum atomic E-state index is -3.52. The molecule has 0 saturated heterocycles. The van der Waals surface area contributed by atoms with Gasteiger partial charge in [0.05, 0.1) is 10.9 Å². The van der Waals surface area contributed by atoms with Gasteiger partial charge in [-0.25, -0.2) is 12.7 Å². The first-order chi connectivity index (χ1) is 13.3.